The maximum Gasteiger partial charge on any atom is 0.320 e. The molecule has 0 saturated heterocycles. The number of thiazole rings is 1. The summed E-state index contributed by atoms with van der Waals surface area (Å²) in [5, 5.41) is 3.01. The Morgan fingerprint density at radius 1 is 1.71 bits per heavy atom. The average Bonchev–Trinajstić information content (AvgIpc) is 2.64. The molecule has 17 heavy (non-hydrogen) atoms. The molecule has 0 unspecified atom stereocenters. The normalized spacial score (nSPS) is 10.5. The third-order valence-corrected chi connectivity index (χ3v) is 3.02. The van der Waals surface area contributed by atoms with Crippen molar-refractivity contribution in [2.24, 2.45) is 0 Å². The number of aryl methyl sites for hydroxylation is 1. The number of hydrogen-bond acceptors (Lipinski definition) is 5. The van der Waals surface area contributed by atoms with Crippen LogP contribution < -0.4 is 0 Å². The lowest BCUT2D eigenvalue weighted by Crippen LogP contribution is -2.30. The summed E-state index contributed by atoms with van der Waals surface area (Å²) >= 11 is 1.60. The van der Waals surface area contributed by atoms with Crippen LogP contribution in [0.3, 0.4) is 0 Å². The van der Waals surface area contributed by atoms with Crippen LogP contribution in [-0.2, 0) is 16.1 Å². The van der Waals surface area contributed by atoms with E-state index in [9.17, 15) is 4.79 Å². The van der Waals surface area contributed by atoms with Crippen LogP contribution in [0.5, 0.6) is 0 Å². The van der Waals surface area contributed by atoms with Crippen LogP contribution in [0.2, 0.25) is 0 Å². The van der Waals surface area contributed by atoms with Crippen LogP contribution in [-0.4, -0.2) is 35.5 Å². The molecule has 4 nitrogen and oxygen atoms in total. The fraction of sp³-hybridized carbons (Fsp3) is 0.500. The van der Waals surface area contributed by atoms with Crippen molar-refractivity contribution in [2.45, 2.75) is 20.4 Å². The van der Waals surface area contributed by atoms with Gasteiger partial charge in [0.15, 0.2) is 0 Å². The molecular weight excluding hydrogens is 236 g/mol. The SMILES string of the molecule is C=CCN(CC(=O)OCC)Cc1nc(C)cs1. The lowest BCUT2D eigenvalue weighted by molar-refractivity contribution is -0.144. The van der Waals surface area contributed by atoms with Crippen molar-refractivity contribution in [1.29, 1.82) is 0 Å². The number of nitrogens with zero attached hydrogens (tertiary/aromatic N) is 2. The molecule has 0 spiro atoms. The standard InChI is InChI=1S/C12H18N2O2S/c1-4-6-14(8-12(15)16-5-2)7-11-13-10(3)9-17-11/h4,9H,1,5-8H2,2-3H3. The number of esters is 1. The predicted molar refractivity (Wildman–Crippen MR) is 69.0 cm³/mol. The number of aromatic nitrogens is 1. The van der Waals surface area contributed by atoms with Crippen LogP contribution in [0.25, 0.3) is 0 Å². The van der Waals surface area contributed by atoms with Crippen LogP contribution in [0, 0.1) is 6.92 Å². The molecule has 0 aliphatic rings. The predicted octanol–water partition coefficient (Wildman–Crippen LogP) is 2.00. The van der Waals surface area contributed by atoms with Crippen molar-refractivity contribution in [3.8, 4) is 0 Å². The van der Waals surface area contributed by atoms with Crippen molar-refractivity contribution in [1.82, 2.24) is 9.88 Å². The molecule has 0 radical (unpaired) electrons. The Hall–Kier alpha value is -1.20. The first-order valence-electron chi connectivity index (χ1n) is 5.55. The van der Waals surface area contributed by atoms with Crippen LogP contribution in [0.1, 0.15) is 17.6 Å². The molecular formula is C12H18N2O2S. The summed E-state index contributed by atoms with van der Waals surface area (Å²) in [5.74, 6) is -0.206. The molecule has 0 bridgehead atoms. The van der Waals surface area contributed by atoms with Crippen molar-refractivity contribution < 1.29 is 9.53 Å². The summed E-state index contributed by atoms with van der Waals surface area (Å²) < 4.78 is 4.93. The molecule has 1 aromatic rings. The quantitative estimate of drug-likeness (QED) is 0.551. The molecule has 0 amide bonds. The van der Waals surface area contributed by atoms with E-state index >= 15 is 0 Å². The van der Waals surface area contributed by atoms with E-state index in [0.29, 0.717) is 19.7 Å². The van der Waals surface area contributed by atoms with Gasteiger partial charge in [0.05, 0.1) is 19.7 Å². The summed E-state index contributed by atoms with van der Waals surface area (Å²) in [7, 11) is 0. The van der Waals surface area contributed by atoms with E-state index in [1.165, 1.54) is 0 Å². The average molecular weight is 254 g/mol. The smallest absolute Gasteiger partial charge is 0.320 e. The van der Waals surface area contributed by atoms with Crippen LogP contribution in [0.4, 0.5) is 0 Å². The van der Waals surface area contributed by atoms with Gasteiger partial charge in [0.25, 0.3) is 0 Å². The van der Waals surface area contributed by atoms with E-state index in [0.717, 1.165) is 10.7 Å². The van der Waals surface area contributed by atoms with Gasteiger partial charge < -0.3 is 4.74 Å². The molecule has 0 saturated carbocycles. The van der Waals surface area contributed by atoms with Gasteiger partial charge in [0, 0.05) is 17.6 Å². The number of ether oxygens (including phenoxy) is 1. The molecule has 1 rings (SSSR count). The van der Waals surface area contributed by atoms with Gasteiger partial charge in [-0.2, -0.15) is 0 Å². The highest BCUT2D eigenvalue weighted by atomic mass is 32.1. The molecule has 1 aromatic heterocycles. The molecule has 0 N–H and O–H groups in total. The first-order chi connectivity index (χ1) is 8.15. The van der Waals surface area contributed by atoms with E-state index in [4.69, 9.17) is 4.74 Å². The molecule has 0 aliphatic carbocycles. The Kier molecular flexibility index (Phi) is 5.86. The molecule has 0 atom stereocenters. The Morgan fingerprint density at radius 2 is 2.47 bits per heavy atom. The zero-order valence-corrected chi connectivity index (χ0v) is 11.1. The van der Waals surface area contributed by atoms with Gasteiger partial charge in [0.2, 0.25) is 0 Å². The van der Waals surface area contributed by atoms with Crippen LogP contribution in [0.15, 0.2) is 18.0 Å². The number of rotatable bonds is 7. The minimum atomic E-state index is -0.206. The van der Waals surface area contributed by atoms with Crippen LogP contribution >= 0.6 is 11.3 Å². The third-order valence-electron chi connectivity index (χ3n) is 2.07. The molecule has 94 valence electrons. The Labute approximate surface area is 106 Å². The fourth-order valence-corrected chi connectivity index (χ4v) is 2.24. The Balaban J connectivity index is 2.53. The highest BCUT2D eigenvalue weighted by Gasteiger charge is 2.12. The van der Waals surface area contributed by atoms with Gasteiger partial charge in [-0.05, 0) is 13.8 Å². The van der Waals surface area contributed by atoms with Crippen molar-refractivity contribution in [3.63, 3.8) is 0 Å². The molecule has 0 aromatic carbocycles. The second-order valence-electron chi connectivity index (χ2n) is 3.65. The summed E-state index contributed by atoms with van der Waals surface area (Å²) in [5.41, 5.74) is 1.01. The largest absolute Gasteiger partial charge is 0.465 e. The zero-order valence-electron chi connectivity index (χ0n) is 10.3. The molecule has 1 heterocycles. The molecule has 0 aliphatic heterocycles. The highest BCUT2D eigenvalue weighted by Crippen LogP contribution is 2.11. The summed E-state index contributed by atoms with van der Waals surface area (Å²) in [4.78, 5) is 17.7. The Morgan fingerprint density at radius 3 is 3.00 bits per heavy atom. The third kappa shape index (κ3) is 5.10. The summed E-state index contributed by atoms with van der Waals surface area (Å²) in [6, 6.07) is 0. The lowest BCUT2D eigenvalue weighted by atomic mass is 10.4. The van der Waals surface area contributed by atoms with Gasteiger partial charge in [-0.3, -0.25) is 9.69 Å². The zero-order chi connectivity index (χ0) is 12.7. The number of carbonyl (C=O) groups excluding carboxylic acids is 1. The lowest BCUT2D eigenvalue weighted by Gasteiger charge is -2.17. The van der Waals surface area contributed by atoms with E-state index in [1.54, 1.807) is 24.3 Å². The van der Waals surface area contributed by atoms with Gasteiger partial charge >= 0.3 is 5.97 Å². The topological polar surface area (TPSA) is 42.4 Å². The Bertz CT molecular complexity index is 376. The van der Waals surface area contributed by atoms with E-state index < -0.39 is 0 Å². The maximum absolute atomic E-state index is 11.4. The van der Waals surface area contributed by atoms with Gasteiger partial charge in [-0.1, -0.05) is 6.08 Å². The number of hydrogen-bond donors (Lipinski definition) is 0. The van der Waals surface area contributed by atoms with Gasteiger partial charge in [0.1, 0.15) is 5.01 Å². The van der Waals surface area contributed by atoms with E-state index in [2.05, 4.69) is 11.6 Å². The van der Waals surface area contributed by atoms with Crippen molar-refractivity contribution in [3.05, 3.63) is 28.7 Å². The molecule has 5 heteroatoms. The first-order valence-corrected chi connectivity index (χ1v) is 6.43. The maximum atomic E-state index is 11.4. The summed E-state index contributed by atoms with van der Waals surface area (Å²) in [6.07, 6.45) is 1.78. The van der Waals surface area contributed by atoms with Gasteiger partial charge in [-0.15, -0.1) is 17.9 Å². The minimum absolute atomic E-state index is 0.206. The number of carbonyl (C=O) groups is 1. The molecule has 0 fully saturated rings. The van der Waals surface area contributed by atoms with Crippen molar-refractivity contribution >= 4 is 17.3 Å². The fourth-order valence-electron chi connectivity index (χ4n) is 1.42. The first kappa shape index (κ1) is 13.9. The van der Waals surface area contributed by atoms with E-state index in [1.807, 2.05) is 17.2 Å². The monoisotopic (exact) mass is 254 g/mol. The van der Waals surface area contributed by atoms with E-state index in [-0.39, 0.29) is 12.5 Å². The summed E-state index contributed by atoms with van der Waals surface area (Å²) in [6.45, 7) is 9.45. The van der Waals surface area contributed by atoms with Crippen molar-refractivity contribution in [2.75, 3.05) is 19.7 Å². The highest BCUT2D eigenvalue weighted by molar-refractivity contribution is 7.09. The second kappa shape index (κ2) is 7.19. The second-order valence-corrected chi connectivity index (χ2v) is 4.59. The minimum Gasteiger partial charge on any atom is -0.465 e. The van der Waals surface area contributed by atoms with Gasteiger partial charge in [-0.25, -0.2) is 4.98 Å².